The van der Waals surface area contributed by atoms with E-state index in [0.29, 0.717) is 5.56 Å². The van der Waals surface area contributed by atoms with Crippen LogP contribution in [0, 0.1) is 11.3 Å². The van der Waals surface area contributed by atoms with Crippen molar-refractivity contribution in [2.75, 3.05) is 0 Å². The Morgan fingerprint density at radius 3 is 2.29 bits per heavy atom. The Kier molecular flexibility index (Phi) is 3.91. The Morgan fingerprint density at radius 2 is 1.71 bits per heavy atom. The molecule has 0 aliphatic heterocycles. The minimum atomic E-state index is -4.11. The van der Waals surface area contributed by atoms with Gasteiger partial charge in [-0.25, -0.2) is 0 Å². The molecule has 2 aromatic rings. The molecule has 0 saturated heterocycles. The lowest BCUT2D eigenvalue weighted by Gasteiger charge is -2.09. The Hall–Kier alpha value is -2.85. The lowest BCUT2D eigenvalue weighted by atomic mass is 10.2. The van der Waals surface area contributed by atoms with Gasteiger partial charge in [0, 0.05) is 0 Å². The van der Waals surface area contributed by atoms with E-state index in [4.69, 9.17) is 15.2 Å². The van der Waals surface area contributed by atoms with Crippen molar-refractivity contribution < 1.29 is 17.4 Å². The van der Waals surface area contributed by atoms with Crippen molar-refractivity contribution in [1.82, 2.24) is 0 Å². The Morgan fingerprint density at radius 1 is 1.10 bits per heavy atom. The maximum atomic E-state index is 12.1. The van der Waals surface area contributed by atoms with Gasteiger partial charge in [-0.15, -0.1) is 0 Å². The second-order valence-electron chi connectivity index (χ2n) is 4.03. The number of benzene rings is 2. The molecule has 0 aliphatic carbocycles. The molecular weight excluding hydrogens is 292 g/mol. The molecule has 106 valence electrons. The summed E-state index contributed by atoms with van der Waals surface area (Å²) in [6.45, 7) is 0. The molecule has 2 rings (SSSR count). The van der Waals surface area contributed by atoms with E-state index in [1.54, 1.807) is 6.07 Å². The molecule has 0 heterocycles. The first-order valence-electron chi connectivity index (χ1n) is 5.77. The molecule has 0 fully saturated rings. The van der Waals surface area contributed by atoms with Crippen LogP contribution in [0.4, 0.5) is 0 Å². The molecule has 1 amide bonds. The molecule has 0 spiro atoms. The molecule has 0 atom stereocenters. The van der Waals surface area contributed by atoms with Crippen LogP contribution in [0.25, 0.3) is 0 Å². The molecule has 6 nitrogen and oxygen atoms in total. The van der Waals surface area contributed by atoms with E-state index in [9.17, 15) is 13.2 Å². The fraction of sp³-hybridized carbons (Fsp3) is 0. The summed E-state index contributed by atoms with van der Waals surface area (Å²) in [6.07, 6.45) is 0. The van der Waals surface area contributed by atoms with Crippen molar-refractivity contribution in [2.24, 2.45) is 5.73 Å². The number of carbonyl (C=O) groups excluding carboxylic acids is 1. The molecule has 0 saturated carbocycles. The third-order valence-electron chi connectivity index (χ3n) is 2.62. The highest BCUT2D eigenvalue weighted by Gasteiger charge is 2.19. The van der Waals surface area contributed by atoms with Crippen molar-refractivity contribution in [3.63, 3.8) is 0 Å². The topological polar surface area (TPSA) is 110 Å². The van der Waals surface area contributed by atoms with E-state index < -0.39 is 16.0 Å². The summed E-state index contributed by atoms with van der Waals surface area (Å²) in [5.41, 5.74) is 5.45. The van der Waals surface area contributed by atoms with Gasteiger partial charge in [-0.05, 0) is 36.4 Å². The van der Waals surface area contributed by atoms with E-state index in [-0.39, 0.29) is 16.2 Å². The molecule has 0 radical (unpaired) electrons. The zero-order chi connectivity index (χ0) is 15.5. The van der Waals surface area contributed by atoms with Crippen molar-refractivity contribution in [1.29, 1.82) is 5.26 Å². The number of amides is 1. The van der Waals surface area contributed by atoms with Crippen LogP contribution in [0.3, 0.4) is 0 Å². The molecule has 7 heteroatoms. The van der Waals surface area contributed by atoms with Gasteiger partial charge in [0.2, 0.25) is 0 Å². The average Bonchev–Trinajstić information content (AvgIpc) is 2.47. The van der Waals surface area contributed by atoms with Crippen LogP contribution < -0.4 is 9.92 Å². The first-order chi connectivity index (χ1) is 9.94. The van der Waals surface area contributed by atoms with E-state index in [1.165, 1.54) is 42.5 Å². The van der Waals surface area contributed by atoms with Gasteiger partial charge in [-0.1, -0.05) is 12.1 Å². The Balaban J connectivity index is 2.38. The monoisotopic (exact) mass is 302 g/mol. The zero-order valence-electron chi connectivity index (χ0n) is 10.7. The number of nitriles is 1. The standard InChI is InChI=1S/C14H10N2O4S/c15-9-10-5-7-11(8-6-10)21(18,19)20-13-4-2-1-3-12(13)14(16)17/h1-8H,(H2,16,17). The van der Waals surface area contributed by atoms with E-state index in [2.05, 4.69) is 0 Å². The molecule has 0 aliphatic rings. The van der Waals surface area contributed by atoms with Gasteiger partial charge in [0.05, 0.1) is 17.2 Å². The van der Waals surface area contributed by atoms with Crippen molar-refractivity contribution in [2.45, 2.75) is 4.90 Å². The zero-order valence-corrected chi connectivity index (χ0v) is 11.5. The fourth-order valence-corrected chi connectivity index (χ4v) is 2.55. The number of para-hydroxylation sites is 1. The van der Waals surface area contributed by atoms with Crippen molar-refractivity contribution >= 4 is 16.0 Å². The SMILES string of the molecule is N#Cc1ccc(S(=O)(=O)Oc2ccccc2C(N)=O)cc1. The van der Waals surface area contributed by atoms with Crippen molar-refractivity contribution in [3.8, 4) is 11.8 Å². The van der Waals surface area contributed by atoms with Gasteiger partial charge in [-0.2, -0.15) is 13.7 Å². The average molecular weight is 302 g/mol. The number of hydrogen-bond acceptors (Lipinski definition) is 5. The normalized spacial score (nSPS) is 10.6. The van der Waals surface area contributed by atoms with Gasteiger partial charge in [-0.3, -0.25) is 4.79 Å². The lowest BCUT2D eigenvalue weighted by molar-refractivity contribution is 0.0999. The number of rotatable bonds is 4. The molecular formula is C14H10N2O4S. The maximum Gasteiger partial charge on any atom is 0.339 e. The highest BCUT2D eigenvalue weighted by atomic mass is 32.2. The molecule has 2 N–H and O–H groups in total. The van der Waals surface area contributed by atoms with Gasteiger partial charge in [0.1, 0.15) is 4.90 Å². The number of nitrogens with two attached hydrogens (primary N) is 1. The molecule has 0 bridgehead atoms. The predicted molar refractivity (Wildman–Crippen MR) is 73.9 cm³/mol. The summed E-state index contributed by atoms with van der Waals surface area (Å²) < 4.78 is 29.2. The first kappa shape index (κ1) is 14.6. The van der Waals surface area contributed by atoms with Crippen LogP contribution >= 0.6 is 0 Å². The first-order valence-corrected chi connectivity index (χ1v) is 7.18. The summed E-state index contributed by atoms with van der Waals surface area (Å²) in [7, 11) is -4.11. The van der Waals surface area contributed by atoms with E-state index in [1.807, 2.05) is 6.07 Å². The van der Waals surface area contributed by atoms with Gasteiger partial charge >= 0.3 is 10.1 Å². The number of primary amides is 1. The molecule has 0 unspecified atom stereocenters. The lowest BCUT2D eigenvalue weighted by Crippen LogP contribution is -2.16. The molecule has 21 heavy (non-hydrogen) atoms. The number of hydrogen-bond donors (Lipinski definition) is 1. The van der Waals surface area contributed by atoms with Gasteiger partial charge in [0.15, 0.2) is 5.75 Å². The van der Waals surface area contributed by atoms with E-state index in [0.717, 1.165) is 0 Å². The summed E-state index contributed by atoms with van der Waals surface area (Å²) in [5.74, 6) is -0.935. The summed E-state index contributed by atoms with van der Waals surface area (Å²) in [6, 6.07) is 12.9. The van der Waals surface area contributed by atoms with Crippen molar-refractivity contribution in [3.05, 3.63) is 59.7 Å². The van der Waals surface area contributed by atoms with Crippen LogP contribution in [0.1, 0.15) is 15.9 Å². The highest BCUT2D eigenvalue weighted by Crippen LogP contribution is 2.22. The fourth-order valence-electron chi connectivity index (χ4n) is 1.61. The highest BCUT2D eigenvalue weighted by molar-refractivity contribution is 7.87. The summed E-state index contributed by atoms with van der Waals surface area (Å²) in [4.78, 5) is 11.1. The minimum Gasteiger partial charge on any atom is -0.378 e. The molecule has 0 aromatic heterocycles. The van der Waals surface area contributed by atoms with E-state index >= 15 is 0 Å². The Bertz CT molecular complexity index is 821. The van der Waals surface area contributed by atoms with Crippen LogP contribution in [-0.4, -0.2) is 14.3 Å². The van der Waals surface area contributed by atoms with Crippen LogP contribution in [-0.2, 0) is 10.1 Å². The van der Waals surface area contributed by atoms with Crippen LogP contribution in [0.15, 0.2) is 53.4 Å². The summed E-state index contributed by atoms with van der Waals surface area (Å²) >= 11 is 0. The minimum absolute atomic E-state index is 0.0327. The second kappa shape index (κ2) is 5.64. The number of nitrogens with zero attached hydrogens (tertiary/aromatic N) is 1. The smallest absolute Gasteiger partial charge is 0.339 e. The van der Waals surface area contributed by atoms with Crippen LogP contribution in [0.2, 0.25) is 0 Å². The third kappa shape index (κ3) is 3.19. The molecule has 2 aromatic carbocycles. The van der Waals surface area contributed by atoms with Gasteiger partial charge in [0.25, 0.3) is 5.91 Å². The third-order valence-corrected chi connectivity index (χ3v) is 3.87. The Labute approximate surface area is 121 Å². The summed E-state index contributed by atoms with van der Waals surface area (Å²) in [5, 5.41) is 8.68. The maximum absolute atomic E-state index is 12.1. The largest absolute Gasteiger partial charge is 0.378 e. The quantitative estimate of drug-likeness (QED) is 0.859. The second-order valence-corrected chi connectivity index (χ2v) is 5.58. The van der Waals surface area contributed by atoms with Crippen LogP contribution in [0.5, 0.6) is 5.75 Å². The predicted octanol–water partition coefficient (Wildman–Crippen LogP) is 1.42. The van der Waals surface area contributed by atoms with Gasteiger partial charge < -0.3 is 9.92 Å². The number of carbonyl (C=O) groups is 1.